The molecule has 0 spiro atoms. The lowest BCUT2D eigenvalue weighted by molar-refractivity contribution is -0.137. The van der Waals surface area contributed by atoms with Crippen molar-refractivity contribution in [3.63, 3.8) is 0 Å². The third-order valence-corrected chi connectivity index (χ3v) is 3.69. The summed E-state index contributed by atoms with van der Waals surface area (Å²) in [4.78, 5) is 11.9. The van der Waals surface area contributed by atoms with E-state index in [1.807, 2.05) is 18.2 Å². The predicted octanol–water partition coefficient (Wildman–Crippen LogP) is 4.40. The molecule has 0 amide bonds. The van der Waals surface area contributed by atoms with Crippen LogP contribution in [0.25, 0.3) is 6.08 Å². The zero-order chi connectivity index (χ0) is 18.9. The van der Waals surface area contributed by atoms with Gasteiger partial charge in [-0.15, -0.1) is 0 Å². The second-order valence-electron chi connectivity index (χ2n) is 5.18. The Labute approximate surface area is 157 Å². The first-order valence-corrected chi connectivity index (χ1v) is 8.30. The highest BCUT2D eigenvalue weighted by atomic mass is 35.5. The van der Waals surface area contributed by atoms with E-state index in [1.54, 1.807) is 37.3 Å². The molecule has 0 saturated carbocycles. The molecule has 0 radical (unpaired) electrons. The summed E-state index contributed by atoms with van der Waals surface area (Å²) in [6, 6.07) is 14.3. The lowest BCUT2D eigenvalue weighted by atomic mass is 10.1. The van der Waals surface area contributed by atoms with Crippen molar-refractivity contribution in [2.24, 2.45) is 0 Å². The van der Waals surface area contributed by atoms with Gasteiger partial charge < -0.3 is 14.2 Å². The maximum absolute atomic E-state index is 11.9. The van der Waals surface area contributed by atoms with Crippen molar-refractivity contribution in [1.29, 1.82) is 5.26 Å². The van der Waals surface area contributed by atoms with Crippen LogP contribution in [0.2, 0.25) is 5.02 Å². The number of ether oxygens (including phenoxy) is 3. The van der Waals surface area contributed by atoms with Crippen LogP contribution in [-0.2, 0) is 16.1 Å². The first-order valence-electron chi connectivity index (χ1n) is 7.92. The minimum atomic E-state index is -0.679. The highest BCUT2D eigenvalue weighted by Crippen LogP contribution is 2.33. The van der Waals surface area contributed by atoms with Gasteiger partial charge in [-0.3, -0.25) is 0 Å². The first kappa shape index (κ1) is 19.4. The second kappa shape index (κ2) is 9.50. The Balaban J connectivity index is 2.33. The van der Waals surface area contributed by atoms with Crippen molar-refractivity contribution < 1.29 is 19.0 Å². The van der Waals surface area contributed by atoms with Crippen LogP contribution in [0.5, 0.6) is 11.5 Å². The first-order chi connectivity index (χ1) is 12.6. The van der Waals surface area contributed by atoms with Gasteiger partial charge in [-0.1, -0.05) is 35.9 Å². The Morgan fingerprint density at radius 3 is 2.58 bits per heavy atom. The van der Waals surface area contributed by atoms with E-state index < -0.39 is 5.97 Å². The fourth-order valence-electron chi connectivity index (χ4n) is 2.20. The van der Waals surface area contributed by atoms with Gasteiger partial charge in [0, 0.05) is 10.6 Å². The van der Waals surface area contributed by atoms with E-state index in [4.69, 9.17) is 25.8 Å². The summed E-state index contributed by atoms with van der Waals surface area (Å²) in [6.45, 7) is 2.15. The number of rotatable bonds is 7. The van der Waals surface area contributed by atoms with Gasteiger partial charge in [0.15, 0.2) is 11.5 Å². The minimum absolute atomic E-state index is 0.114. The molecule has 2 aromatic rings. The smallest absolute Gasteiger partial charge is 0.348 e. The van der Waals surface area contributed by atoms with Gasteiger partial charge in [0.1, 0.15) is 18.2 Å². The number of nitrogens with zero attached hydrogens (tertiary/aromatic N) is 1. The fraction of sp³-hybridized carbons (Fsp3) is 0.200. The molecule has 134 valence electrons. The molecule has 0 bridgehead atoms. The minimum Gasteiger partial charge on any atom is -0.493 e. The van der Waals surface area contributed by atoms with Crippen molar-refractivity contribution in [2.75, 3.05) is 13.7 Å². The van der Waals surface area contributed by atoms with Gasteiger partial charge in [-0.25, -0.2) is 4.79 Å². The topological polar surface area (TPSA) is 68.6 Å². The molecule has 0 heterocycles. The average Bonchev–Trinajstić information content (AvgIpc) is 2.66. The van der Waals surface area contributed by atoms with E-state index in [2.05, 4.69) is 0 Å². The van der Waals surface area contributed by atoms with Crippen molar-refractivity contribution in [2.45, 2.75) is 13.5 Å². The van der Waals surface area contributed by atoms with Gasteiger partial charge in [0.25, 0.3) is 0 Å². The predicted molar refractivity (Wildman–Crippen MR) is 99.0 cm³/mol. The van der Waals surface area contributed by atoms with Crippen LogP contribution >= 0.6 is 11.6 Å². The second-order valence-corrected chi connectivity index (χ2v) is 5.62. The number of hydrogen-bond donors (Lipinski definition) is 0. The standard InChI is InChI=1S/C20H18ClNO4/c1-3-25-20(23)16(12-22)11-15-5-4-6-18(24-2)19(15)26-13-14-7-9-17(21)10-8-14/h4-11H,3,13H2,1-2H3/b16-11-. The molecule has 5 nitrogen and oxygen atoms in total. The molecule has 0 atom stereocenters. The number of benzene rings is 2. The normalized spacial score (nSPS) is 10.8. The van der Waals surface area contributed by atoms with Crippen LogP contribution in [0, 0.1) is 11.3 Å². The van der Waals surface area contributed by atoms with Crippen LogP contribution in [0.4, 0.5) is 0 Å². The van der Waals surface area contributed by atoms with E-state index in [1.165, 1.54) is 13.2 Å². The molecule has 2 rings (SSSR count). The summed E-state index contributed by atoms with van der Waals surface area (Å²) in [5.74, 6) is 0.248. The summed E-state index contributed by atoms with van der Waals surface area (Å²) in [5.41, 5.74) is 1.35. The highest BCUT2D eigenvalue weighted by molar-refractivity contribution is 6.30. The number of halogens is 1. The Morgan fingerprint density at radius 1 is 1.23 bits per heavy atom. The van der Waals surface area contributed by atoms with Crippen molar-refractivity contribution in [1.82, 2.24) is 0 Å². The number of hydrogen-bond acceptors (Lipinski definition) is 5. The van der Waals surface area contributed by atoms with Crippen LogP contribution in [-0.4, -0.2) is 19.7 Å². The summed E-state index contributed by atoms with van der Waals surface area (Å²) in [6.07, 6.45) is 1.43. The molecule has 0 aliphatic rings. The molecule has 0 fully saturated rings. The van der Waals surface area contributed by atoms with E-state index in [0.717, 1.165) is 5.56 Å². The van der Waals surface area contributed by atoms with Crippen molar-refractivity contribution in [3.8, 4) is 17.6 Å². The Morgan fingerprint density at radius 2 is 1.96 bits per heavy atom. The quantitative estimate of drug-likeness (QED) is 0.410. The zero-order valence-electron chi connectivity index (χ0n) is 14.5. The SMILES string of the molecule is CCOC(=O)/C(C#N)=C\c1cccc(OC)c1OCc1ccc(Cl)cc1. The fourth-order valence-corrected chi connectivity index (χ4v) is 2.32. The summed E-state index contributed by atoms with van der Waals surface area (Å²) >= 11 is 5.89. The van der Waals surface area contributed by atoms with Crippen LogP contribution in [0.15, 0.2) is 48.0 Å². The third kappa shape index (κ3) is 5.01. The highest BCUT2D eigenvalue weighted by Gasteiger charge is 2.14. The van der Waals surface area contributed by atoms with E-state index >= 15 is 0 Å². The van der Waals surface area contributed by atoms with Crippen LogP contribution in [0.1, 0.15) is 18.1 Å². The maximum atomic E-state index is 11.9. The summed E-state index contributed by atoms with van der Waals surface area (Å²) < 4.78 is 16.1. The molecule has 26 heavy (non-hydrogen) atoms. The number of para-hydroxylation sites is 1. The number of carbonyl (C=O) groups excluding carboxylic acids is 1. The van der Waals surface area contributed by atoms with E-state index in [-0.39, 0.29) is 18.8 Å². The Kier molecular flexibility index (Phi) is 7.07. The monoisotopic (exact) mass is 371 g/mol. The third-order valence-electron chi connectivity index (χ3n) is 3.44. The molecule has 2 aromatic carbocycles. The van der Waals surface area contributed by atoms with Gasteiger partial charge in [-0.2, -0.15) is 5.26 Å². The van der Waals surface area contributed by atoms with Gasteiger partial charge in [0.05, 0.1) is 13.7 Å². The lowest BCUT2D eigenvalue weighted by Crippen LogP contribution is -2.06. The zero-order valence-corrected chi connectivity index (χ0v) is 15.2. The Bertz CT molecular complexity index is 838. The Hall–Kier alpha value is -2.97. The molecule has 0 aliphatic carbocycles. The van der Waals surface area contributed by atoms with E-state index in [9.17, 15) is 10.1 Å². The number of carbonyl (C=O) groups is 1. The molecule has 0 saturated heterocycles. The van der Waals surface area contributed by atoms with Crippen LogP contribution in [0.3, 0.4) is 0 Å². The number of methoxy groups -OCH3 is 1. The number of esters is 1. The molecule has 0 aromatic heterocycles. The number of nitriles is 1. The lowest BCUT2D eigenvalue weighted by Gasteiger charge is -2.14. The van der Waals surface area contributed by atoms with E-state index in [0.29, 0.717) is 22.1 Å². The van der Waals surface area contributed by atoms with Crippen LogP contribution < -0.4 is 9.47 Å². The van der Waals surface area contributed by atoms with Crippen molar-refractivity contribution in [3.05, 3.63) is 64.2 Å². The molecule has 0 aliphatic heterocycles. The molecule has 0 N–H and O–H groups in total. The molecular weight excluding hydrogens is 354 g/mol. The summed E-state index contributed by atoms with van der Waals surface area (Å²) in [7, 11) is 1.52. The molecule has 0 unspecified atom stereocenters. The largest absolute Gasteiger partial charge is 0.493 e. The van der Waals surface area contributed by atoms with Gasteiger partial charge >= 0.3 is 5.97 Å². The van der Waals surface area contributed by atoms with Gasteiger partial charge in [0.2, 0.25) is 0 Å². The summed E-state index contributed by atoms with van der Waals surface area (Å²) in [5, 5.41) is 9.87. The maximum Gasteiger partial charge on any atom is 0.348 e. The molecule has 6 heteroatoms. The van der Waals surface area contributed by atoms with Gasteiger partial charge in [-0.05, 0) is 36.8 Å². The van der Waals surface area contributed by atoms with Crippen molar-refractivity contribution >= 4 is 23.6 Å². The molecular formula is C20H18ClNO4. The average molecular weight is 372 g/mol.